The topological polar surface area (TPSA) is 26.3 Å². The van der Waals surface area contributed by atoms with E-state index in [-0.39, 0.29) is 11.9 Å². The van der Waals surface area contributed by atoms with E-state index < -0.39 is 0 Å². The molecule has 0 heterocycles. The Morgan fingerprint density at radius 1 is 0.963 bits per heavy atom. The maximum absolute atomic E-state index is 11.1. The molecule has 0 saturated heterocycles. The van der Waals surface area contributed by atoms with Crippen LogP contribution in [0.2, 0.25) is 0 Å². The van der Waals surface area contributed by atoms with E-state index >= 15 is 0 Å². The number of unbranched alkanes of at least 4 members (excludes halogenated alkanes) is 6. The molecule has 1 atom stereocenters. The van der Waals surface area contributed by atoms with Gasteiger partial charge in [-0.2, -0.15) is 0 Å². The summed E-state index contributed by atoms with van der Waals surface area (Å²) < 4.78 is 6.22. The number of rotatable bonds is 14. The van der Waals surface area contributed by atoms with Gasteiger partial charge in [0.05, 0.1) is 0 Å². The third-order valence-corrected chi connectivity index (χ3v) is 4.75. The average Bonchev–Trinajstić information content (AvgIpc) is 2.66. The van der Waals surface area contributed by atoms with Gasteiger partial charge in [0.15, 0.2) is 0 Å². The third-order valence-electron chi connectivity index (χ3n) is 4.75. The number of aryl methyl sites for hydroxylation is 1. The third kappa shape index (κ3) is 12.3. The lowest BCUT2D eigenvalue weighted by atomic mass is 10.0. The van der Waals surface area contributed by atoms with Crippen LogP contribution in [0.25, 0.3) is 0 Å². The zero-order valence-corrected chi connectivity index (χ0v) is 17.7. The second-order valence-corrected chi connectivity index (χ2v) is 7.41. The van der Waals surface area contributed by atoms with Crippen molar-refractivity contribution in [1.82, 2.24) is 0 Å². The van der Waals surface area contributed by atoms with E-state index in [2.05, 4.69) is 37.8 Å². The van der Waals surface area contributed by atoms with E-state index in [0.29, 0.717) is 6.42 Å². The minimum atomic E-state index is 0.169. The smallest absolute Gasteiger partial charge is 0.130 e. The molecule has 0 fully saturated rings. The highest BCUT2D eigenvalue weighted by molar-refractivity contribution is 5.75. The van der Waals surface area contributed by atoms with Crippen LogP contribution < -0.4 is 4.74 Å². The molecule has 150 valence electrons. The number of hydrogen-bond acceptors (Lipinski definition) is 2. The van der Waals surface area contributed by atoms with E-state index in [0.717, 1.165) is 31.4 Å². The van der Waals surface area contributed by atoms with E-state index in [1.807, 2.05) is 12.1 Å². The van der Waals surface area contributed by atoms with Crippen LogP contribution >= 0.6 is 0 Å². The molecule has 27 heavy (non-hydrogen) atoms. The molecule has 1 rings (SSSR count). The Morgan fingerprint density at radius 2 is 1.63 bits per heavy atom. The van der Waals surface area contributed by atoms with Crippen molar-refractivity contribution in [2.75, 3.05) is 0 Å². The van der Waals surface area contributed by atoms with Gasteiger partial charge < -0.3 is 9.53 Å². The standard InChI is InChI=1S/C25H38O2/c1-4-6-8-9-10-11-13-15-24(14-12-7-5-2)27-25-20-18-23(19-21-25)17-16-22(3)26/h18-21,24H,4-6,8-11,13-17H2,1-3H3. The van der Waals surface area contributed by atoms with Crippen molar-refractivity contribution in [3.05, 3.63) is 29.8 Å². The van der Waals surface area contributed by atoms with E-state index in [1.54, 1.807) is 6.92 Å². The molecule has 2 nitrogen and oxygen atoms in total. The van der Waals surface area contributed by atoms with E-state index in [1.165, 1.54) is 50.5 Å². The molecule has 0 saturated carbocycles. The molecule has 1 aromatic carbocycles. The Kier molecular flexibility index (Phi) is 13.2. The van der Waals surface area contributed by atoms with Crippen LogP contribution in [0, 0.1) is 11.8 Å². The van der Waals surface area contributed by atoms with Gasteiger partial charge in [0.2, 0.25) is 0 Å². The Morgan fingerprint density at radius 3 is 2.26 bits per heavy atom. The summed E-state index contributed by atoms with van der Waals surface area (Å²) in [4.78, 5) is 11.1. The van der Waals surface area contributed by atoms with Crippen LogP contribution in [0.4, 0.5) is 0 Å². The summed E-state index contributed by atoms with van der Waals surface area (Å²) in [5.74, 6) is 7.57. The minimum absolute atomic E-state index is 0.169. The van der Waals surface area contributed by atoms with Gasteiger partial charge in [-0.25, -0.2) is 0 Å². The first-order valence-corrected chi connectivity index (χ1v) is 10.9. The van der Waals surface area contributed by atoms with Gasteiger partial charge in [-0.1, -0.05) is 70.4 Å². The second-order valence-electron chi connectivity index (χ2n) is 7.41. The summed E-state index contributed by atoms with van der Waals surface area (Å²) in [6.07, 6.45) is 13.6. The summed E-state index contributed by atoms with van der Waals surface area (Å²) in [5.41, 5.74) is 1.19. The first-order chi connectivity index (χ1) is 13.2. The van der Waals surface area contributed by atoms with Gasteiger partial charge in [-0.3, -0.25) is 0 Å². The minimum Gasteiger partial charge on any atom is -0.489 e. The Labute approximate surface area is 167 Å². The van der Waals surface area contributed by atoms with Gasteiger partial charge in [0, 0.05) is 19.3 Å². The predicted molar refractivity (Wildman–Crippen MR) is 115 cm³/mol. The Hall–Kier alpha value is -1.75. The molecule has 0 N–H and O–H groups in total. The SMILES string of the molecule is CCC#CCC(CCCCCCCCC)Oc1ccc(CCC(C)=O)cc1. The quantitative estimate of drug-likeness (QED) is 0.263. The fraction of sp³-hybridized carbons (Fsp3) is 0.640. The fourth-order valence-corrected chi connectivity index (χ4v) is 3.09. The number of carbonyl (C=O) groups excluding carboxylic acids is 1. The second kappa shape index (κ2) is 15.3. The molecule has 2 heteroatoms. The highest BCUT2D eigenvalue weighted by atomic mass is 16.5. The maximum Gasteiger partial charge on any atom is 0.130 e. The molecule has 0 amide bonds. The lowest BCUT2D eigenvalue weighted by Gasteiger charge is -2.17. The van der Waals surface area contributed by atoms with E-state index in [9.17, 15) is 4.79 Å². The number of hydrogen-bond donors (Lipinski definition) is 0. The van der Waals surface area contributed by atoms with Crippen LogP contribution in [-0.4, -0.2) is 11.9 Å². The van der Waals surface area contributed by atoms with Crippen molar-refractivity contribution in [2.24, 2.45) is 0 Å². The van der Waals surface area contributed by atoms with Gasteiger partial charge in [0.1, 0.15) is 17.6 Å². The molecule has 1 aromatic rings. The number of ketones is 1. The fourth-order valence-electron chi connectivity index (χ4n) is 3.09. The molecular formula is C25H38O2. The summed E-state index contributed by atoms with van der Waals surface area (Å²) in [6.45, 7) is 5.98. The number of ether oxygens (including phenoxy) is 1. The zero-order chi connectivity index (χ0) is 19.7. The Bertz CT molecular complexity index is 562. The largest absolute Gasteiger partial charge is 0.489 e. The van der Waals surface area contributed by atoms with Crippen molar-refractivity contribution in [3.63, 3.8) is 0 Å². The van der Waals surface area contributed by atoms with Gasteiger partial charge in [-0.05, 0) is 43.9 Å². The normalized spacial score (nSPS) is 11.5. The monoisotopic (exact) mass is 370 g/mol. The molecule has 0 aromatic heterocycles. The lowest BCUT2D eigenvalue weighted by Crippen LogP contribution is -2.16. The molecule has 0 bridgehead atoms. The lowest BCUT2D eigenvalue weighted by molar-refractivity contribution is -0.116. The summed E-state index contributed by atoms with van der Waals surface area (Å²) in [7, 11) is 0. The molecule has 0 aliphatic rings. The molecule has 0 aliphatic carbocycles. The van der Waals surface area contributed by atoms with E-state index in [4.69, 9.17) is 4.74 Å². The molecule has 1 unspecified atom stereocenters. The van der Waals surface area contributed by atoms with Crippen LogP contribution in [-0.2, 0) is 11.2 Å². The Balaban J connectivity index is 2.44. The summed E-state index contributed by atoms with van der Waals surface area (Å²) in [6, 6.07) is 8.20. The molecular weight excluding hydrogens is 332 g/mol. The summed E-state index contributed by atoms with van der Waals surface area (Å²) in [5, 5.41) is 0. The van der Waals surface area contributed by atoms with Crippen LogP contribution in [0.3, 0.4) is 0 Å². The first kappa shape index (κ1) is 23.3. The van der Waals surface area contributed by atoms with Gasteiger partial charge in [-0.15, -0.1) is 5.92 Å². The van der Waals surface area contributed by atoms with Crippen LogP contribution in [0.1, 0.15) is 97.0 Å². The van der Waals surface area contributed by atoms with Crippen LogP contribution in [0.5, 0.6) is 5.75 Å². The van der Waals surface area contributed by atoms with Crippen molar-refractivity contribution in [1.29, 1.82) is 0 Å². The van der Waals surface area contributed by atoms with Crippen molar-refractivity contribution < 1.29 is 9.53 Å². The maximum atomic E-state index is 11.1. The molecule has 0 aliphatic heterocycles. The number of benzene rings is 1. The average molecular weight is 371 g/mol. The van der Waals surface area contributed by atoms with Crippen LogP contribution in [0.15, 0.2) is 24.3 Å². The molecule has 0 spiro atoms. The van der Waals surface area contributed by atoms with Crippen molar-refractivity contribution >= 4 is 5.78 Å². The number of carbonyl (C=O) groups is 1. The number of Topliss-reactive ketones (excluding diaryl/α,β-unsaturated/α-hetero) is 1. The highest BCUT2D eigenvalue weighted by Gasteiger charge is 2.09. The highest BCUT2D eigenvalue weighted by Crippen LogP contribution is 2.19. The molecule has 0 radical (unpaired) electrons. The first-order valence-electron chi connectivity index (χ1n) is 10.9. The summed E-state index contributed by atoms with van der Waals surface area (Å²) >= 11 is 0. The van der Waals surface area contributed by atoms with Gasteiger partial charge >= 0.3 is 0 Å². The van der Waals surface area contributed by atoms with Crippen molar-refractivity contribution in [2.45, 2.75) is 104 Å². The predicted octanol–water partition coefficient (Wildman–Crippen LogP) is 6.90. The van der Waals surface area contributed by atoms with Gasteiger partial charge in [0.25, 0.3) is 0 Å². The zero-order valence-electron chi connectivity index (χ0n) is 17.7. The van der Waals surface area contributed by atoms with Crippen molar-refractivity contribution in [3.8, 4) is 17.6 Å².